The van der Waals surface area contributed by atoms with Crippen LogP contribution in [0, 0.1) is 0 Å². The average molecular weight is 377 g/mol. The topological polar surface area (TPSA) is 24.7 Å². The Hall–Kier alpha value is -1.99. The number of hydrogen-bond donors (Lipinski definition) is 0. The van der Waals surface area contributed by atoms with Crippen molar-refractivity contribution < 1.29 is 16.5 Å². The van der Waals surface area contributed by atoms with Gasteiger partial charge in [0, 0.05) is 22.7 Å². The fourth-order valence-electron chi connectivity index (χ4n) is 2.25. The Morgan fingerprint density at radius 2 is 1.64 bits per heavy atom. The van der Waals surface area contributed by atoms with Gasteiger partial charge in [-0.05, 0) is 49.1 Å². The third-order valence-corrected chi connectivity index (χ3v) is 3.62. The minimum Gasteiger partial charge on any atom is -0.255 e. The molecule has 0 bridgehead atoms. The van der Waals surface area contributed by atoms with E-state index < -0.39 is 0 Å². The van der Waals surface area contributed by atoms with Crippen molar-refractivity contribution in [3.63, 3.8) is 0 Å². The van der Waals surface area contributed by atoms with Crippen molar-refractivity contribution in [2.45, 2.75) is 39.5 Å². The second-order valence-electron chi connectivity index (χ2n) is 5.70. The molecule has 2 rings (SSSR count). The summed E-state index contributed by atoms with van der Waals surface area (Å²) in [6, 6.07) is 18.4. The molecule has 0 aromatic heterocycles. The standard InChI is InChI=1S/C22H26N2.Ni/c1-3-5-10-19-14-16-20(17-15-19)23-18-22(11-6-4-2)24-21-12-8-7-9-13-21;/h5,7-10,12-18H,3-4,6,11H2,1-2H3;. The summed E-state index contributed by atoms with van der Waals surface area (Å²) in [6.45, 7) is 4.33. The number of benzene rings is 2. The van der Waals surface area contributed by atoms with Crippen LogP contribution in [0.1, 0.15) is 45.1 Å². The molecule has 0 aliphatic heterocycles. The molecule has 134 valence electrons. The van der Waals surface area contributed by atoms with E-state index in [1.165, 1.54) is 5.56 Å². The van der Waals surface area contributed by atoms with Crippen molar-refractivity contribution in [1.82, 2.24) is 0 Å². The molecular formula is C22H26N2Ni. The second kappa shape index (κ2) is 12.4. The Bertz CT molecular complexity index is 686. The van der Waals surface area contributed by atoms with Crippen molar-refractivity contribution in [3.8, 4) is 0 Å². The van der Waals surface area contributed by atoms with Crippen molar-refractivity contribution in [2.75, 3.05) is 0 Å². The zero-order chi connectivity index (χ0) is 17.0. The van der Waals surface area contributed by atoms with Crippen LogP contribution in [0.5, 0.6) is 0 Å². The molecule has 25 heavy (non-hydrogen) atoms. The van der Waals surface area contributed by atoms with E-state index in [2.05, 4.69) is 43.1 Å². The summed E-state index contributed by atoms with van der Waals surface area (Å²) in [6.07, 6.45) is 10.5. The van der Waals surface area contributed by atoms with E-state index in [1.807, 2.05) is 48.7 Å². The van der Waals surface area contributed by atoms with Crippen LogP contribution < -0.4 is 0 Å². The van der Waals surface area contributed by atoms with Gasteiger partial charge in [-0.25, -0.2) is 0 Å². The maximum atomic E-state index is 4.73. The predicted octanol–water partition coefficient (Wildman–Crippen LogP) is 6.77. The maximum Gasteiger partial charge on any atom is 0.0633 e. The van der Waals surface area contributed by atoms with Crippen molar-refractivity contribution in [2.24, 2.45) is 9.98 Å². The molecule has 0 fully saturated rings. The van der Waals surface area contributed by atoms with Gasteiger partial charge in [-0.2, -0.15) is 0 Å². The normalized spacial score (nSPS) is 11.8. The fraction of sp³-hybridized carbons (Fsp3) is 0.273. The van der Waals surface area contributed by atoms with Gasteiger partial charge in [0.2, 0.25) is 0 Å². The van der Waals surface area contributed by atoms with Gasteiger partial charge in [0.1, 0.15) is 0 Å². The monoisotopic (exact) mass is 376 g/mol. The van der Waals surface area contributed by atoms with Crippen LogP contribution >= 0.6 is 0 Å². The van der Waals surface area contributed by atoms with Crippen LogP contribution in [-0.2, 0) is 16.5 Å². The Labute approximate surface area is 161 Å². The number of aliphatic imine (C=N–C) groups is 2. The Kier molecular flexibility index (Phi) is 10.4. The summed E-state index contributed by atoms with van der Waals surface area (Å²) in [5.74, 6) is 0. The van der Waals surface area contributed by atoms with E-state index in [0.717, 1.165) is 42.8 Å². The predicted molar refractivity (Wildman–Crippen MR) is 107 cm³/mol. The van der Waals surface area contributed by atoms with E-state index >= 15 is 0 Å². The van der Waals surface area contributed by atoms with Crippen LogP contribution in [0.3, 0.4) is 0 Å². The first-order valence-electron chi connectivity index (χ1n) is 8.75. The first-order chi connectivity index (χ1) is 11.8. The molecule has 0 unspecified atom stereocenters. The molecule has 0 heterocycles. The Balaban J connectivity index is 0.00000312. The molecule has 0 N–H and O–H groups in total. The van der Waals surface area contributed by atoms with Gasteiger partial charge in [0.15, 0.2) is 0 Å². The molecule has 2 aromatic rings. The largest absolute Gasteiger partial charge is 0.255 e. The SMILES string of the molecule is CCC=Cc1ccc(N=CC(CCCC)=Nc2ccccc2)cc1.[Ni]. The van der Waals surface area contributed by atoms with Gasteiger partial charge in [0.05, 0.1) is 17.1 Å². The van der Waals surface area contributed by atoms with Gasteiger partial charge in [-0.1, -0.05) is 62.8 Å². The molecule has 0 saturated carbocycles. The van der Waals surface area contributed by atoms with Crippen LogP contribution in [0.2, 0.25) is 0 Å². The van der Waals surface area contributed by atoms with Gasteiger partial charge in [0.25, 0.3) is 0 Å². The van der Waals surface area contributed by atoms with Crippen LogP contribution in [0.15, 0.2) is 70.7 Å². The van der Waals surface area contributed by atoms with Gasteiger partial charge >= 0.3 is 0 Å². The summed E-state index contributed by atoms with van der Waals surface area (Å²) >= 11 is 0. The minimum absolute atomic E-state index is 0. The number of rotatable bonds is 8. The van der Waals surface area contributed by atoms with Crippen LogP contribution in [0.25, 0.3) is 6.08 Å². The van der Waals surface area contributed by atoms with Crippen LogP contribution in [-0.4, -0.2) is 11.9 Å². The number of allylic oxidation sites excluding steroid dienone is 1. The maximum absolute atomic E-state index is 4.73. The molecule has 0 aliphatic carbocycles. The molecule has 0 amide bonds. The summed E-state index contributed by atoms with van der Waals surface area (Å²) in [5, 5.41) is 0. The summed E-state index contributed by atoms with van der Waals surface area (Å²) in [7, 11) is 0. The number of para-hydroxylation sites is 1. The number of nitrogens with zero attached hydrogens (tertiary/aromatic N) is 2. The molecule has 2 nitrogen and oxygen atoms in total. The Morgan fingerprint density at radius 1 is 0.920 bits per heavy atom. The molecule has 0 saturated heterocycles. The molecule has 0 aliphatic rings. The molecule has 2 aromatic carbocycles. The third kappa shape index (κ3) is 8.09. The summed E-state index contributed by atoms with van der Waals surface area (Å²) < 4.78 is 0. The first-order valence-corrected chi connectivity index (χ1v) is 8.75. The fourth-order valence-corrected chi connectivity index (χ4v) is 2.25. The zero-order valence-electron chi connectivity index (χ0n) is 15.0. The molecule has 0 spiro atoms. The van der Waals surface area contributed by atoms with Gasteiger partial charge in [-0.15, -0.1) is 0 Å². The van der Waals surface area contributed by atoms with Gasteiger partial charge < -0.3 is 0 Å². The third-order valence-electron chi connectivity index (χ3n) is 3.62. The van der Waals surface area contributed by atoms with Crippen LogP contribution in [0.4, 0.5) is 11.4 Å². The average Bonchev–Trinajstić information content (AvgIpc) is 2.64. The van der Waals surface area contributed by atoms with E-state index in [9.17, 15) is 0 Å². The second-order valence-corrected chi connectivity index (χ2v) is 5.70. The van der Waals surface area contributed by atoms with E-state index in [-0.39, 0.29) is 16.5 Å². The van der Waals surface area contributed by atoms with Gasteiger partial charge in [-0.3, -0.25) is 9.98 Å². The molecule has 3 heteroatoms. The number of hydrogen-bond acceptors (Lipinski definition) is 2. The summed E-state index contributed by atoms with van der Waals surface area (Å²) in [5.41, 5.74) is 4.17. The molecule has 0 radical (unpaired) electrons. The summed E-state index contributed by atoms with van der Waals surface area (Å²) in [4.78, 5) is 9.32. The van der Waals surface area contributed by atoms with E-state index in [1.54, 1.807) is 0 Å². The molecule has 0 atom stereocenters. The quantitative estimate of drug-likeness (QED) is 0.358. The number of unbranched alkanes of at least 4 members (excludes halogenated alkanes) is 1. The van der Waals surface area contributed by atoms with Crippen molar-refractivity contribution >= 4 is 29.4 Å². The van der Waals surface area contributed by atoms with Crippen molar-refractivity contribution in [1.29, 1.82) is 0 Å². The zero-order valence-corrected chi connectivity index (χ0v) is 16.0. The molecular weight excluding hydrogens is 351 g/mol. The smallest absolute Gasteiger partial charge is 0.0633 e. The Morgan fingerprint density at radius 3 is 2.28 bits per heavy atom. The van der Waals surface area contributed by atoms with E-state index in [4.69, 9.17) is 4.99 Å². The first kappa shape index (κ1) is 21.1. The van der Waals surface area contributed by atoms with Crippen molar-refractivity contribution in [3.05, 3.63) is 66.2 Å². The van der Waals surface area contributed by atoms with E-state index in [0.29, 0.717) is 0 Å². The minimum atomic E-state index is 0.